The summed E-state index contributed by atoms with van der Waals surface area (Å²) < 4.78 is 11.4. The van der Waals surface area contributed by atoms with E-state index in [0.29, 0.717) is 12.5 Å². The molecule has 0 saturated heterocycles. The molecule has 1 aliphatic rings. The molecular formula is C16H21NO2. The van der Waals surface area contributed by atoms with Gasteiger partial charge < -0.3 is 9.47 Å². The van der Waals surface area contributed by atoms with E-state index in [1.54, 1.807) is 7.11 Å². The van der Waals surface area contributed by atoms with Gasteiger partial charge in [0.1, 0.15) is 0 Å². The summed E-state index contributed by atoms with van der Waals surface area (Å²) in [5.74, 6) is 1.82. The van der Waals surface area contributed by atoms with E-state index in [1.807, 2.05) is 18.2 Å². The SMILES string of the molecule is COc1ccc(C(C)CC#N)cc1OC1CCCC1. The van der Waals surface area contributed by atoms with Gasteiger partial charge in [-0.2, -0.15) is 5.26 Å². The van der Waals surface area contributed by atoms with E-state index < -0.39 is 0 Å². The largest absolute Gasteiger partial charge is 0.493 e. The van der Waals surface area contributed by atoms with Crippen LogP contribution in [0.5, 0.6) is 11.5 Å². The topological polar surface area (TPSA) is 42.2 Å². The molecule has 0 radical (unpaired) electrons. The Balaban J connectivity index is 2.18. The average Bonchev–Trinajstić information content (AvgIpc) is 2.92. The predicted molar refractivity (Wildman–Crippen MR) is 74.5 cm³/mol. The molecule has 0 aromatic heterocycles. The Bertz CT molecular complexity index is 458. The maximum Gasteiger partial charge on any atom is 0.161 e. The van der Waals surface area contributed by atoms with E-state index in [4.69, 9.17) is 14.7 Å². The van der Waals surface area contributed by atoms with Gasteiger partial charge in [0.15, 0.2) is 11.5 Å². The molecule has 1 aliphatic carbocycles. The molecule has 1 atom stereocenters. The van der Waals surface area contributed by atoms with Gasteiger partial charge in [-0.1, -0.05) is 13.0 Å². The second-order valence-corrected chi connectivity index (χ2v) is 5.20. The quantitative estimate of drug-likeness (QED) is 0.801. The van der Waals surface area contributed by atoms with Gasteiger partial charge in [-0.25, -0.2) is 0 Å². The van der Waals surface area contributed by atoms with Gasteiger partial charge in [0, 0.05) is 6.42 Å². The summed E-state index contributed by atoms with van der Waals surface area (Å²) in [4.78, 5) is 0. The van der Waals surface area contributed by atoms with Crippen molar-refractivity contribution >= 4 is 0 Å². The fourth-order valence-electron chi connectivity index (χ4n) is 2.53. The number of hydrogen-bond donors (Lipinski definition) is 0. The molecule has 19 heavy (non-hydrogen) atoms. The summed E-state index contributed by atoms with van der Waals surface area (Å²) in [6, 6.07) is 8.20. The first-order chi connectivity index (χ1) is 9.24. The van der Waals surface area contributed by atoms with Gasteiger partial charge in [-0.15, -0.1) is 0 Å². The highest BCUT2D eigenvalue weighted by Gasteiger charge is 2.19. The highest BCUT2D eigenvalue weighted by Crippen LogP contribution is 2.34. The lowest BCUT2D eigenvalue weighted by Gasteiger charge is -2.18. The van der Waals surface area contributed by atoms with Crippen molar-refractivity contribution in [1.29, 1.82) is 5.26 Å². The van der Waals surface area contributed by atoms with Crippen LogP contribution in [0.15, 0.2) is 18.2 Å². The third kappa shape index (κ3) is 3.41. The Kier molecular flexibility index (Phi) is 4.68. The van der Waals surface area contributed by atoms with Crippen molar-refractivity contribution in [2.45, 2.75) is 51.0 Å². The summed E-state index contributed by atoms with van der Waals surface area (Å²) in [5, 5.41) is 8.79. The van der Waals surface area contributed by atoms with Crippen molar-refractivity contribution in [3.05, 3.63) is 23.8 Å². The average molecular weight is 259 g/mol. The van der Waals surface area contributed by atoms with Crippen molar-refractivity contribution in [1.82, 2.24) is 0 Å². The lowest BCUT2D eigenvalue weighted by atomic mass is 9.98. The molecule has 1 fully saturated rings. The molecule has 0 bridgehead atoms. The first kappa shape index (κ1) is 13.7. The summed E-state index contributed by atoms with van der Waals surface area (Å²) in [7, 11) is 1.66. The highest BCUT2D eigenvalue weighted by atomic mass is 16.5. The van der Waals surface area contributed by atoms with Crippen molar-refractivity contribution in [3.8, 4) is 17.6 Å². The monoisotopic (exact) mass is 259 g/mol. The first-order valence-electron chi connectivity index (χ1n) is 6.96. The Morgan fingerprint density at radius 1 is 1.32 bits per heavy atom. The second-order valence-electron chi connectivity index (χ2n) is 5.20. The van der Waals surface area contributed by atoms with E-state index >= 15 is 0 Å². The normalized spacial score (nSPS) is 16.9. The third-order valence-corrected chi connectivity index (χ3v) is 3.75. The van der Waals surface area contributed by atoms with Crippen LogP contribution >= 0.6 is 0 Å². The smallest absolute Gasteiger partial charge is 0.161 e. The Labute approximate surface area is 115 Å². The molecule has 0 heterocycles. The number of rotatable bonds is 5. The molecule has 3 heteroatoms. The molecule has 2 rings (SSSR count). The number of methoxy groups -OCH3 is 1. The van der Waals surface area contributed by atoms with Gasteiger partial charge in [0.25, 0.3) is 0 Å². The Morgan fingerprint density at radius 2 is 2.05 bits per heavy atom. The fraction of sp³-hybridized carbons (Fsp3) is 0.562. The molecular weight excluding hydrogens is 238 g/mol. The zero-order valence-corrected chi connectivity index (χ0v) is 11.7. The summed E-state index contributed by atoms with van der Waals surface area (Å²) in [5.41, 5.74) is 1.13. The molecule has 0 N–H and O–H groups in total. The lowest BCUT2D eigenvalue weighted by Crippen LogP contribution is -2.12. The minimum atomic E-state index is 0.224. The van der Waals surface area contributed by atoms with Gasteiger partial charge in [-0.3, -0.25) is 0 Å². The maximum absolute atomic E-state index is 8.79. The second kappa shape index (κ2) is 6.47. The van der Waals surface area contributed by atoms with E-state index in [9.17, 15) is 0 Å². The highest BCUT2D eigenvalue weighted by molar-refractivity contribution is 5.44. The van der Waals surface area contributed by atoms with Crippen LogP contribution in [-0.2, 0) is 0 Å². The minimum absolute atomic E-state index is 0.224. The molecule has 0 aliphatic heterocycles. The van der Waals surface area contributed by atoms with Crippen molar-refractivity contribution < 1.29 is 9.47 Å². The summed E-state index contributed by atoms with van der Waals surface area (Å²) in [6.07, 6.45) is 5.59. The van der Waals surface area contributed by atoms with E-state index in [1.165, 1.54) is 12.8 Å². The summed E-state index contributed by atoms with van der Waals surface area (Å²) in [6.45, 7) is 2.06. The van der Waals surface area contributed by atoms with Gasteiger partial charge in [0.05, 0.1) is 19.3 Å². The number of nitriles is 1. The number of benzene rings is 1. The van der Waals surface area contributed by atoms with Crippen molar-refractivity contribution in [2.75, 3.05) is 7.11 Å². The molecule has 1 aromatic rings. The number of nitrogens with zero attached hydrogens (tertiary/aromatic N) is 1. The van der Waals surface area contributed by atoms with Crippen LogP contribution in [0, 0.1) is 11.3 Å². The molecule has 0 amide bonds. The van der Waals surface area contributed by atoms with Crippen LogP contribution in [0.25, 0.3) is 0 Å². The molecule has 0 spiro atoms. The molecule has 3 nitrogen and oxygen atoms in total. The number of hydrogen-bond acceptors (Lipinski definition) is 3. The lowest BCUT2D eigenvalue weighted by molar-refractivity contribution is 0.200. The van der Waals surface area contributed by atoms with Gasteiger partial charge in [0.2, 0.25) is 0 Å². The standard InChI is InChI=1S/C16H21NO2/c1-12(9-10-17)13-7-8-15(18-2)16(11-13)19-14-5-3-4-6-14/h7-8,11-12,14H,3-6,9H2,1-2H3. The minimum Gasteiger partial charge on any atom is -0.493 e. The maximum atomic E-state index is 8.79. The van der Waals surface area contributed by atoms with Crippen molar-refractivity contribution in [3.63, 3.8) is 0 Å². The zero-order valence-electron chi connectivity index (χ0n) is 11.7. The molecule has 1 aromatic carbocycles. The van der Waals surface area contributed by atoms with Crippen LogP contribution in [-0.4, -0.2) is 13.2 Å². The molecule has 102 valence electrons. The summed E-state index contributed by atoms with van der Waals surface area (Å²) >= 11 is 0. The fourth-order valence-corrected chi connectivity index (χ4v) is 2.53. The van der Waals surface area contributed by atoms with Gasteiger partial charge >= 0.3 is 0 Å². The zero-order chi connectivity index (χ0) is 13.7. The third-order valence-electron chi connectivity index (χ3n) is 3.75. The van der Waals surface area contributed by atoms with E-state index in [0.717, 1.165) is 29.9 Å². The van der Waals surface area contributed by atoms with E-state index in [-0.39, 0.29) is 5.92 Å². The van der Waals surface area contributed by atoms with E-state index in [2.05, 4.69) is 13.0 Å². The van der Waals surface area contributed by atoms with Crippen LogP contribution in [0.1, 0.15) is 50.5 Å². The van der Waals surface area contributed by atoms with Crippen LogP contribution in [0.2, 0.25) is 0 Å². The predicted octanol–water partition coefficient (Wildman–Crippen LogP) is 4.03. The van der Waals surface area contributed by atoms with Crippen LogP contribution in [0.4, 0.5) is 0 Å². The van der Waals surface area contributed by atoms with Gasteiger partial charge in [-0.05, 0) is 49.3 Å². The Morgan fingerprint density at radius 3 is 2.68 bits per heavy atom. The molecule has 1 unspecified atom stereocenters. The number of ether oxygens (including phenoxy) is 2. The van der Waals surface area contributed by atoms with Crippen molar-refractivity contribution in [2.24, 2.45) is 0 Å². The first-order valence-corrected chi connectivity index (χ1v) is 6.96. The molecule has 1 saturated carbocycles. The van der Waals surface area contributed by atoms with Crippen LogP contribution < -0.4 is 9.47 Å². The van der Waals surface area contributed by atoms with Crippen LogP contribution in [0.3, 0.4) is 0 Å². The Hall–Kier alpha value is -1.69.